The van der Waals surface area contributed by atoms with Gasteiger partial charge in [-0.3, -0.25) is 4.79 Å². The van der Waals surface area contributed by atoms with Gasteiger partial charge < -0.3 is 9.15 Å². The van der Waals surface area contributed by atoms with Crippen LogP contribution in [0.15, 0.2) is 40.1 Å². The minimum absolute atomic E-state index is 0.0902. The van der Waals surface area contributed by atoms with Crippen LogP contribution in [-0.4, -0.2) is 15.9 Å². The van der Waals surface area contributed by atoms with Gasteiger partial charge in [-0.25, -0.2) is 9.97 Å². The summed E-state index contributed by atoms with van der Waals surface area (Å²) in [6.45, 7) is 4.04. The number of oxazole rings is 1. The molecule has 0 aliphatic rings. The number of benzene rings is 1. The maximum Gasteiger partial charge on any atom is 0.312 e. The molecule has 3 aromatic rings. The van der Waals surface area contributed by atoms with E-state index in [4.69, 9.17) is 9.15 Å². The van der Waals surface area contributed by atoms with Gasteiger partial charge in [0.25, 0.3) is 0 Å². The fourth-order valence-corrected chi connectivity index (χ4v) is 2.95. The Morgan fingerprint density at radius 1 is 1.25 bits per heavy atom. The van der Waals surface area contributed by atoms with Gasteiger partial charge in [0, 0.05) is 10.9 Å². The summed E-state index contributed by atoms with van der Waals surface area (Å²) < 4.78 is 10.9. The molecule has 0 fully saturated rings. The van der Waals surface area contributed by atoms with Crippen LogP contribution in [0.4, 0.5) is 0 Å². The zero-order valence-electron chi connectivity index (χ0n) is 13.6. The van der Waals surface area contributed by atoms with Crippen LogP contribution >= 0.6 is 11.3 Å². The van der Waals surface area contributed by atoms with Gasteiger partial charge in [0.2, 0.25) is 5.89 Å². The highest BCUT2D eigenvalue weighted by atomic mass is 32.1. The van der Waals surface area contributed by atoms with E-state index in [1.807, 2.05) is 42.6 Å². The van der Waals surface area contributed by atoms with E-state index >= 15 is 0 Å². The van der Waals surface area contributed by atoms with Gasteiger partial charge in [-0.15, -0.1) is 11.3 Å². The highest BCUT2D eigenvalue weighted by Crippen LogP contribution is 2.22. The molecule has 0 saturated carbocycles. The number of thiazole rings is 1. The topological polar surface area (TPSA) is 65.2 Å². The van der Waals surface area contributed by atoms with Crippen molar-refractivity contribution >= 4 is 17.3 Å². The number of hydrogen-bond acceptors (Lipinski definition) is 6. The van der Waals surface area contributed by atoms with Crippen LogP contribution in [0.25, 0.3) is 11.5 Å². The number of aryl methyl sites for hydroxylation is 2. The van der Waals surface area contributed by atoms with Crippen LogP contribution in [0.1, 0.15) is 29.1 Å². The quantitative estimate of drug-likeness (QED) is 0.635. The van der Waals surface area contributed by atoms with Crippen LogP contribution < -0.4 is 0 Å². The number of rotatable bonds is 6. The third kappa shape index (κ3) is 3.89. The lowest BCUT2D eigenvalue weighted by atomic mass is 10.2. The van der Waals surface area contributed by atoms with Crippen LogP contribution in [0.5, 0.6) is 0 Å². The summed E-state index contributed by atoms with van der Waals surface area (Å²) in [4.78, 5) is 20.8. The highest BCUT2D eigenvalue weighted by Gasteiger charge is 2.16. The molecule has 2 aromatic heterocycles. The van der Waals surface area contributed by atoms with Gasteiger partial charge in [-0.05, 0) is 25.5 Å². The lowest BCUT2D eigenvalue weighted by Crippen LogP contribution is -2.09. The summed E-state index contributed by atoms with van der Waals surface area (Å²) in [6.07, 6.45) is 0.978. The number of carbonyl (C=O) groups is 1. The number of esters is 1. The van der Waals surface area contributed by atoms with Crippen molar-refractivity contribution in [2.75, 3.05) is 0 Å². The van der Waals surface area contributed by atoms with Crippen LogP contribution in [0.3, 0.4) is 0 Å². The van der Waals surface area contributed by atoms with Crippen molar-refractivity contribution in [2.45, 2.75) is 33.3 Å². The summed E-state index contributed by atoms with van der Waals surface area (Å²) >= 11 is 1.58. The fraction of sp³-hybridized carbons (Fsp3) is 0.278. The maximum absolute atomic E-state index is 12.0. The lowest BCUT2D eigenvalue weighted by Gasteiger charge is -2.01. The first kappa shape index (κ1) is 16.4. The molecule has 5 nitrogen and oxygen atoms in total. The molecule has 0 saturated heterocycles. The Balaban J connectivity index is 1.61. The molecular formula is C18H18N2O3S. The molecule has 0 radical (unpaired) electrons. The molecule has 0 spiro atoms. The first-order valence-electron chi connectivity index (χ1n) is 7.76. The summed E-state index contributed by atoms with van der Waals surface area (Å²) in [5.74, 6) is 0.813. The molecule has 3 rings (SSSR count). The SMILES string of the molecule is CCc1nc(COC(=O)Cc2nc(-c3ccccc3)oc2C)cs1. The van der Waals surface area contributed by atoms with Crippen LogP contribution in [0, 0.1) is 6.92 Å². The number of aromatic nitrogens is 2. The number of carbonyl (C=O) groups excluding carboxylic acids is 1. The molecule has 124 valence electrons. The third-order valence-electron chi connectivity index (χ3n) is 3.51. The molecule has 6 heteroatoms. The fourth-order valence-electron chi connectivity index (χ4n) is 2.22. The van der Waals surface area contributed by atoms with Gasteiger partial charge in [-0.2, -0.15) is 0 Å². The van der Waals surface area contributed by atoms with E-state index in [-0.39, 0.29) is 19.0 Å². The molecule has 0 amide bonds. The van der Waals surface area contributed by atoms with E-state index in [1.165, 1.54) is 0 Å². The van der Waals surface area contributed by atoms with Gasteiger partial charge in [0.1, 0.15) is 12.4 Å². The minimum atomic E-state index is -0.336. The third-order valence-corrected chi connectivity index (χ3v) is 4.55. The van der Waals surface area contributed by atoms with E-state index in [0.29, 0.717) is 17.3 Å². The zero-order chi connectivity index (χ0) is 16.9. The number of nitrogens with zero attached hydrogens (tertiary/aromatic N) is 2. The van der Waals surface area contributed by atoms with Crippen molar-refractivity contribution in [1.29, 1.82) is 0 Å². The van der Waals surface area contributed by atoms with Crippen molar-refractivity contribution in [3.8, 4) is 11.5 Å². The molecule has 0 unspecified atom stereocenters. The van der Waals surface area contributed by atoms with Gasteiger partial charge in [0.15, 0.2) is 0 Å². The van der Waals surface area contributed by atoms with Crippen molar-refractivity contribution < 1.29 is 13.9 Å². The average Bonchev–Trinajstić information content (AvgIpc) is 3.21. The van der Waals surface area contributed by atoms with Crippen molar-refractivity contribution in [2.24, 2.45) is 0 Å². The van der Waals surface area contributed by atoms with E-state index < -0.39 is 0 Å². The Kier molecular flexibility index (Phi) is 5.05. The van der Waals surface area contributed by atoms with E-state index in [2.05, 4.69) is 9.97 Å². The Hall–Kier alpha value is -2.47. The molecular weight excluding hydrogens is 324 g/mol. The van der Waals surface area contributed by atoms with Gasteiger partial charge in [0.05, 0.1) is 22.8 Å². The van der Waals surface area contributed by atoms with Crippen LogP contribution in [-0.2, 0) is 29.0 Å². The summed E-state index contributed by atoms with van der Waals surface area (Å²) in [5.41, 5.74) is 2.27. The van der Waals surface area contributed by atoms with Gasteiger partial charge in [-0.1, -0.05) is 25.1 Å². The Labute approximate surface area is 144 Å². The highest BCUT2D eigenvalue weighted by molar-refractivity contribution is 7.09. The second kappa shape index (κ2) is 7.40. The van der Waals surface area contributed by atoms with Crippen molar-refractivity contribution in [3.05, 3.63) is 57.9 Å². The molecule has 0 aliphatic heterocycles. The van der Waals surface area contributed by atoms with Crippen molar-refractivity contribution in [3.63, 3.8) is 0 Å². The predicted octanol–water partition coefficient (Wildman–Crippen LogP) is 3.95. The summed E-state index contributed by atoms with van der Waals surface area (Å²) in [7, 11) is 0. The van der Waals surface area contributed by atoms with E-state index in [1.54, 1.807) is 18.3 Å². The average molecular weight is 342 g/mol. The maximum atomic E-state index is 12.0. The molecule has 0 aliphatic carbocycles. The Morgan fingerprint density at radius 3 is 2.75 bits per heavy atom. The predicted molar refractivity (Wildman–Crippen MR) is 91.7 cm³/mol. The molecule has 24 heavy (non-hydrogen) atoms. The number of hydrogen-bond donors (Lipinski definition) is 0. The smallest absolute Gasteiger partial charge is 0.312 e. The molecule has 0 atom stereocenters. The van der Waals surface area contributed by atoms with Crippen LogP contribution in [0.2, 0.25) is 0 Å². The summed E-state index contributed by atoms with van der Waals surface area (Å²) in [6, 6.07) is 9.60. The van der Waals surface area contributed by atoms with E-state index in [0.717, 1.165) is 22.7 Å². The molecule has 0 N–H and O–H groups in total. The van der Waals surface area contributed by atoms with Crippen molar-refractivity contribution in [1.82, 2.24) is 9.97 Å². The minimum Gasteiger partial charge on any atom is -0.459 e. The van der Waals surface area contributed by atoms with E-state index in [9.17, 15) is 4.79 Å². The zero-order valence-corrected chi connectivity index (χ0v) is 14.4. The monoisotopic (exact) mass is 342 g/mol. The Morgan fingerprint density at radius 2 is 2.04 bits per heavy atom. The first-order valence-corrected chi connectivity index (χ1v) is 8.64. The normalized spacial score (nSPS) is 10.8. The summed E-state index contributed by atoms with van der Waals surface area (Å²) in [5, 5.41) is 2.96. The molecule has 1 aromatic carbocycles. The number of ether oxygens (including phenoxy) is 1. The van der Waals surface area contributed by atoms with Gasteiger partial charge >= 0.3 is 5.97 Å². The first-order chi connectivity index (χ1) is 11.7. The second-order valence-electron chi connectivity index (χ2n) is 5.31. The second-order valence-corrected chi connectivity index (χ2v) is 6.25. The Bertz CT molecular complexity index is 824. The molecule has 0 bridgehead atoms. The standard InChI is InChI=1S/C18H18N2O3S/c1-3-16-19-14(11-24-16)10-22-17(21)9-15-12(2)23-18(20-15)13-7-5-4-6-8-13/h4-8,11H,3,9-10H2,1-2H3. The lowest BCUT2D eigenvalue weighted by molar-refractivity contribution is -0.144. The largest absolute Gasteiger partial charge is 0.459 e. The molecule has 2 heterocycles.